The molecule has 1 aromatic carbocycles. The van der Waals surface area contributed by atoms with Gasteiger partial charge in [0.25, 0.3) is 0 Å². The molecule has 2 atom stereocenters. The maximum absolute atomic E-state index is 12.2. The topological polar surface area (TPSA) is 82.1 Å². The molecule has 3 rings (SSSR count). The van der Waals surface area contributed by atoms with E-state index in [0.717, 1.165) is 0 Å². The van der Waals surface area contributed by atoms with Gasteiger partial charge in [0.2, 0.25) is 5.79 Å². The molecular formula is C15H16O6. The molecule has 21 heavy (non-hydrogen) atoms. The predicted octanol–water partition coefficient (Wildman–Crippen LogP) is 1.58. The number of phenols is 1. The van der Waals surface area contributed by atoms with Crippen molar-refractivity contribution < 1.29 is 28.9 Å². The molecule has 0 aromatic heterocycles. The molecule has 1 fully saturated rings. The molecule has 2 aliphatic heterocycles. The van der Waals surface area contributed by atoms with Crippen molar-refractivity contribution in [2.45, 2.75) is 38.1 Å². The molecule has 0 aliphatic carbocycles. The number of carbonyl (C=O) groups excluding carboxylic acids is 2. The molecule has 0 unspecified atom stereocenters. The minimum absolute atomic E-state index is 0.00267. The van der Waals surface area contributed by atoms with Crippen molar-refractivity contribution in [2.75, 3.05) is 7.11 Å². The van der Waals surface area contributed by atoms with Crippen LogP contribution in [0.1, 0.15) is 35.7 Å². The van der Waals surface area contributed by atoms with Gasteiger partial charge >= 0.3 is 5.97 Å². The maximum Gasteiger partial charge on any atom is 0.344 e. The zero-order chi connectivity index (χ0) is 15.2. The Labute approximate surface area is 121 Å². The van der Waals surface area contributed by atoms with Gasteiger partial charge in [0.15, 0.2) is 0 Å². The molecule has 1 aromatic rings. The molecule has 1 spiro atoms. The molecule has 2 heterocycles. The van der Waals surface area contributed by atoms with E-state index in [-0.39, 0.29) is 36.0 Å². The van der Waals surface area contributed by atoms with E-state index in [1.807, 2.05) is 0 Å². The second-order valence-electron chi connectivity index (χ2n) is 5.51. The van der Waals surface area contributed by atoms with Crippen molar-refractivity contribution in [3.63, 3.8) is 0 Å². The quantitative estimate of drug-likeness (QED) is 0.791. The van der Waals surface area contributed by atoms with Gasteiger partial charge in [-0.15, -0.1) is 0 Å². The highest BCUT2D eigenvalue weighted by Gasteiger charge is 2.48. The van der Waals surface area contributed by atoms with E-state index in [0.29, 0.717) is 17.7 Å². The maximum atomic E-state index is 12.2. The number of phenolic OH excluding ortho intramolecular Hbond substituents is 1. The molecule has 0 amide bonds. The molecule has 6 nitrogen and oxygen atoms in total. The van der Waals surface area contributed by atoms with Crippen molar-refractivity contribution in [3.8, 4) is 11.5 Å². The van der Waals surface area contributed by atoms with Crippen molar-refractivity contribution in [3.05, 3.63) is 23.3 Å². The molecule has 2 aliphatic rings. The van der Waals surface area contributed by atoms with E-state index in [1.165, 1.54) is 13.2 Å². The Morgan fingerprint density at radius 1 is 1.33 bits per heavy atom. The minimum atomic E-state index is -1.27. The predicted molar refractivity (Wildman–Crippen MR) is 71.3 cm³/mol. The number of hydrogen-bond acceptors (Lipinski definition) is 6. The number of hydrogen-bond donors (Lipinski definition) is 1. The summed E-state index contributed by atoms with van der Waals surface area (Å²) in [5.74, 6) is -1.71. The third-order valence-electron chi connectivity index (χ3n) is 3.75. The molecule has 6 heteroatoms. The first-order chi connectivity index (χ1) is 9.92. The Hall–Kier alpha value is -2.08. The van der Waals surface area contributed by atoms with Crippen LogP contribution in [-0.2, 0) is 20.7 Å². The Bertz CT molecular complexity index is 623. The summed E-state index contributed by atoms with van der Waals surface area (Å²) in [5, 5.41) is 9.94. The number of benzene rings is 1. The van der Waals surface area contributed by atoms with Crippen LogP contribution in [-0.4, -0.2) is 35.9 Å². The molecular weight excluding hydrogens is 276 g/mol. The van der Waals surface area contributed by atoms with Crippen LogP contribution < -0.4 is 4.74 Å². The Morgan fingerprint density at radius 2 is 2.10 bits per heavy atom. The van der Waals surface area contributed by atoms with Gasteiger partial charge in [0, 0.05) is 18.9 Å². The first-order valence-corrected chi connectivity index (χ1v) is 6.75. The van der Waals surface area contributed by atoms with Crippen LogP contribution >= 0.6 is 0 Å². The van der Waals surface area contributed by atoms with Gasteiger partial charge in [-0.25, -0.2) is 4.79 Å². The van der Waals surface area contributed by atoms with Crippen LogP contribution in [0.4, 0.5) is 0 Å². The van der Waals surface area contributed by atoms with Gasteiger partial charge in [-0.05, 0) is 18.6 Å². The number of ketones is 1. The number of fused-ring (bicyclic) bond motifs is 1. The van der Waals surface area contributed by atoms with Crippen LogP contribution in [0, 0.1) is 0 Å². The summed E-state index contributed by atoms with van der Waals surface area (Å²) in [5.41, 5.74) is 0.667. The molecule has 1 saturated heterocycles. The van der Waals surface area contributed by atoms with E-state index in [1.54, 1.807) is 13.0 Å². The standard InChI is InChI=1S/C15H16O6/c1-8-3-10(16)7-15(20-8)6-9-4-11(19-2)5-12(17)13(9)14(18)21-15/h4-5,8,17H,3,6-7H2,1-2H3/t8-,15-/m0/s1. The van der Waals surface area contributed by atoms with Gasteiger partial charge in [0.05, 0.1) is 19.6 Å². The summed E-state index contributed by atoms with van der Waals surface area (Å²) in [6.07, 6.45) is 0.255. The lowest BCUT2D eigenvalue weighted by Crippen LogP contribution is -2.51. The Morgan fingerprint density at radius 3 is 2.76 bits per heavy atom. The molecule has 0 bridgehead atoms. The second kappa shape index (κ2) is 4.73. The van der Waals surface area contributed by atoms with E-state index < -0.39 is 11.8 Å². The first kappa shape index (κ1) is 13.9. The largest absolute Gasteiger partial charge is 0.507 e. The smallest absolute Gasteiger partial charge is 0.344 e. The number of esters is 1. The zero-order valence-corrected chi connectivity index (χ0v) is 11.8. The summed E-state index contributed by atoms with van der Waals surface area (Å²) in [6, 6.07) is 3.01. The van der Waals surface area contributed by atoms with Gasteiger partial charge in [-0.3, -0.25) is 4.79 Å². The monoisotopic (exact) mass is 292 g/mol. The number of rotatable bonds is 1. The van der Waals surface area contributed by atoms with E-state index in [9.17, 15) is 14.7 Å². The lowest BCUT2D eigenvalue weighted by atomic mass is 9.89. The highest BCUT2D eigenvalue weighted by atomic mass is 16.7. The number of carbonyl (C=O) groups is 2. The zero-order valence-electron chi connectivity index (χ0n) is 11.8. The van der Waals surface area contributed by atoms with Crippen molar-refractivity contribution in [1.82, 2.24) is 0 Å². The van der Waals surface area contributed by atoms with E-state index >= 15 is 0 Å². The third-order valence-corrected chi connectivity index (χ3v) is 3.75. The van der Waals surface area contributed by atoms with Crippen molar-refractivity contribution >= 4 is 11.8 Å². The molecule has 112 valence electrons. The minimum Gasteiger partial charge on any atom is -0.507 e. The van der Waals surface area contributed by atoms with Crippen LogP contribution in [0.5, 0.6) is 11.5 Å². The number of ether oxygens (including phenoxy) is 3. The van der Waals surface area contributed by atoms with Crippen LogP contribution in [0.2, 0.25) is 0 Å². The van der Waals surface area contributed by atoms with Gasteiger partial charge in [-0.2, -0.15) is 0 Å². The highest BCUT2D eigenvalue weighted by Crippen LogP contribution is 2.40. The lowest BCUT2D eigenvalue weighted by Gasteiger charge is -2.41. The fraction of sp³-hybridized carbons (Fsp3) is 0.467. The first-order valence-electron chi connectivity index (χ1n) is 6.75. The van der Waals surface area contributed by atoms with Gasteiger partial charge in [-0.1, -0.05) is 0 Å². The van der Waals surface area contributed by atoms with Crippen molar-refractivity contribution in [1.29, 1.82) is 0 Å². The second-order valence-corrected chi connectivity index (χ2v) is 5.51. The molecule has 0 radical (unpaired) electrons. The van der Waals surface area contributed by atoms with Crippen molar-refractivity contribution in [2.24, 2.45) is 0 Å². The average Bonchev–Trinajstić information content (AvgIpc) is 2.35. The number of aromatic hydroxyl groups is 1. The third kappa shape index (κ3) is 2.35. The normalized spacial score (nSPS) is 28.2. The van der Waals surface area contributed by atoms with E-state index in [4.69, 9.17) is 14.2 Å². The number of Topliss-reactive ketones (excluding diaryl/α,β-unsaturated/α-hetero) is 1. The fourth-order valence-electron chi connectivity index (χ4n) is 3.00. The summed E-state index contributed by atoms with van der Waals surface area (Å²) in [4.78, 5) is 24.0. The molecule has 0 saturated carbocycles. The van der Waals surface area contributed by atoms with Crippen LogP contribution in [0.15, 0.2) is 12.1 Å². The highest BCUT2D eigenvalue weighted by molar-refractivity contribution is 5.96. The summed E-state index contributed by atoms with van der Waals surface area (Å²) < 4.78 is 16.2. The SMILES string of the molecule is COc1cc(O)c2c(c1)C[C@@]1(CC(=O)C[C@H](C)O1)OC2=O. The average molecular weight is 292 g/mol. The van der Waals surface area contributed by atoms with Gasteiger partial charge < -0.3 is 19.3 Å². The van der Waals surface area contributed by atoms with Crippen LogP contribution in [0.25, 0.3) is 0 Å². The summed E-state index contributed by atoms with van der Waals surface area (Å²) in [6.45, 7) is 1.77. The lowest BCUT2D eigenvalue weighted by molar-refractivity contribution is -0.243. The summed E-state index contributed by atoms with van der Waals surface area (Å²) in [7, 11) is 1.47. The van der Waals surface area contributed by atoms with E-state index in [2.05, 4.69) is 0 Å². The fourth-order valence-corrected chi connectivity index (χ4v) is 3.00. The number of methoxy groups -OCH3 is 1. The van der Waals surface area contributed by atoms with Gasteiger partial charge in [0.1, 0.15) is 22.8 Å². The Balaban J connectivity index is 2.03. The molecule has 1 N–H and O–H groups in total. The summed E-state index contributed by atoms with van der Waals surface area (Å²) >= 11 is 0. The van der Waals surface area contributed by atoms with Crippen LogP contribution in [0.3, 0.4) is 0 Å². The Kier molecular flexibility index (Phi) is 3.13.